The van der Waals surface area contributed by atoms with Crippen molar-refractivity contribution in [3.63, 3.8) is 0 Å². The summed E-state index contributed by atoms with van der Waals surface area (Å²) in [6.45, 7) is 11.4. The van der Waals surface area contributed by atoms with E-state index in [1.807, 2.05) is 0 Å². The zero-order valence-electron chi connectivity index (χ0n) is 9.30. The lowest BCUT2D eigenvalue weighted by molar-refractivity contribution is 0.315. The second-order valence-electron chi connectivity index (χ2n) is 4.11. The van der Waals surface area contributed by atoms with Gasteiger partial charge in [-0.05, 0) is 24.7 Å². The van der Waals surface area contributed by atoms with Crippen molar-refractivity contribution in [3.8, 4) is 0 Å². The van der Waals surface area contributed by atoms with Gasteiger partial charge in [0.1, 0.15) is 0 Å². The number of hydrogen-bond acceptors (Lipinski definition) is 0. The van der Waals surface area contributed by atoms with Gasteiger partial charge in [-0.1, -0.05) is 52.7 Å². The molecule has 0 fully saturated rings. The van der Waals surface area contributed by atoms with Crippen LogP contribution in [0.25, 0.3) is 0 Å². The lowest BCUT2D eigenvalue weighted by atomic mass is 9.82. The zero-order valence-corrected chi connectivity index (χ0v) is 9.30. The van der Waals surface area contributed by atoms with Crippen LogP contribution >= 0.6 is 0 Å². The highest BCUT2D eigenvalue weighted by Crippen LogP contribution is 2.25. The largest absolute Gasteiger partial charge is 0.0914 e. The van der Waals surface area contributed by atoms with Gasteiger partial charge >= 0.3 is 0 Å². The van der Waals surface area contributed by atoms with Crippen LogP contribution in [0.1, 0.15) is 47.5 Å². The Morgan fingerprint density at radius 3 is 2.08 bits per heavy atom. The van der Waals surface area contributed by atoms with Crippen LogP contribution in [0.3, 0.4) is 0 Å². The Morgan fingerprint density at radius 2 is 1.75 bits per heavy atom. The Kier molecular flexibility index (Phi) is 6.14. The van der Waals surface area contributed by atoms with Gasteiger partial charge in [0.05, 0.1) is 0 Å². The van der Waals surface area contributed by atoms with Crippen LogP contribution in [0.5, 0.6) is 0 Å². The fourth-order valence-corrected chi connectivity index (χ4v) is 1.94. The van der Waals surface area contributed by atoms with Crippen molar-refractivity contribution in [2.24, 2.45) is 17.8 Å². The van der Waals surface area contributed by atoms with Crippen LogP contribution in [0.2, 0.25) is 0 Å². The Hall–Kier alpha value is -0.260. The summed E-state index contributed by atoms with van der Waals surface area (Å²) in [5.74, 6) is 2.39. The van der Waals surface area contributed by atoms with Crippen LogP contribution in [0, 0.1) is 17.8 Å². The maximum atomic E-state index is 2.37. The molecule has 0 radical (unpaired) electrons. The maximum absolute atomic E-state index is 2.37. The fraction of sp³-hybridized carbons (Fsp3) is 0.833. The highest BCUT2D eigenvalue weighted by Gasteiger charge is 2.16. The van der Waals surface area contributed by atoms with Crippen molar-refractivity contribution in [3.05, 3.63) is 12.2 Å². The number of rotatable bonds is 5. The van der Waals surface area contributed by atoms with Crippen molar-refractivity contribution >= 4 is 0 Å². The average Bonchev–Trinajstić information content (AvgIpc) is 1.99. The molecule has 0 rings (SSSR count). The summed E-state index contributed by atoms with van der Waals surface area (Å²) in [4.78, 5) is 0. The molecule has 0 spiro atoms. The molecule has 0 nitrogen and oxygen atoms in total. The summed E-state index contributed by atoms with van der Waals surface area (Å²) in [7, 11) is 0. The van der Waals surface area contributed by atoms with E-state index in [0.29, 0.717) is 0 Å². The van der Waals surface area contributed by atoms with Gasteiger partial charge in [-0.25, -0.2) is 0 Å². The quantitative estimate of drug-likeness (QED) is 0.538. The highest BCUT2D eigenvalue weighted by molar-refractivity contribution is 4.89. The summed E-state index contributed by atoms with van der Waals surface area (Å²) in [6, 6.07) is 0. The average molecular weight is 168 g/mol. The molecule has 0 N–H and O–H groups in total. The van der Waals surface area contributed by atoms with E-state index in [-0.39, 0.29) is 0 Å². The van der Waals surface area contributed by atoms with E-state index < -0.39 is 0 Å². The molecule has 12 heavy (non-hydrogen) atoms. The van der Waals surface area contributed by atoms with Gasteiger partial charge in [0.15, 0.2) is 0 Å². The van der Waals surface area contributed by atoms with E-state index in [9.17, 15) is 0 Å². The van der Waals surface area contributed by atoms with Gasteiger partial charge in [-0.2, -0.15) is 0 Å². The monoisotopic (exact) mass is 168 g/mol. The molecule has 0 saturated carbocycles. The lowest BCUT2D eigenvalue weighted by Gasteiger charge is -2.24. The Labute approximate surface area is 78.1 Å². The van der Waals surface area contributed by atoms with Crippen LogP contribution in [0.4, 0.5) is 0 Å². The molecule has 0 aromatic rings. The van der Waals surface area contributed by atoms with Crippen LogP contribution in [-0.2, 0) is 0 Å². The molecule has 2 atom stereocenters. The lowest BCUT2D eigenvalue weighted by Crippen LogP contribution is -2.15. The molecule has 2 unspecified atom stereocenters. The Balaban J connectivity index is 4.09. The summed E-state index contributed by atoms with van der Waals surface area (Å²) >= 11 is 0. The molecule has 0 aromatic heterocycles. The molecular weight excluding hydrogens is 144 g/mol. The van der Waals surface area contributed by atoms with E-state index in [2.05, 4.69) is 46.8 Å². The third-order valence-electron chi connectivity index (χ3n) is 2.59. The Morgan fingerprint density at radius 1 is 1.17 bits per heavy atom. The number of hydrogen-bond donors (Lipinski definition) is 0. The normalized spacial score (nSPS) is 17.2. The maximum Gasteiger partial charge on any atom is -0.0185 e. The van der Waals surface area contributed by atoms with Crippen molar-refractivity contribution in [2.45, 2.75) is 47.5 Å². The van der Waals surface area contributed by atoms with E-state index >= 15 is 0 Å². The molecule has 0 bridgehead atoms. The molecule has 0 amide bonds. The Bertz CT molecular complexity index is 122. The van der Waals surface area contributed by atoms with E-state index in [4.69, 9.17) is 0 Å². The third-order valence-corrected chi connectivity index (χ3v) is 2.59. The predicted octanol–water partition coefficient (Wildman–Crippen LogP) is 4.27. The predicted molar refractivity (Wildman–Crippen MR) is 57.2 cm³/mol. The molecule has 0 aliphatic heterocycles. The second-order valence-corrected chi connectivity index (χ2v) is 4.11. The molecule has 0 aliphatic carbocycles. The van der Waals surface area contributed by atoms with Gasteiger partial charge in [-0.3, -0.25) is 0 Å². The van der Waals surface area contributed by atoms with E-state index in [0.717, 1.165) is 17.8 Å². The highest BCUT2D eigenvalue weighted by atomic mass is 14.2. The van der Waals surface area contributed by atoms with Crippen LogP contribution in [0.15, 0.2) is 12.2 Å². The third kappa shape index (κ3) is 3.94. The van der Waals surface area contributed by atoms with Gasteiger partial charge in [0.2, 0.25) is 0 Å². The SMILES string of the molecule is CC=CC(C(C)C)C(C)CCC. The van der Waals surface area contributed by atoms with Crippen molar-refractivity contribution in [1.29, 1.82) is 0 Å². The second kappa shape index (κ2) is 6.28. The molecular formula is C12H24. The topological polar surface area (TPSA) is 0 Å². The minimum atomic E-state index is 0.773. The van der Waals surface area contributed by atoms with Gasteiger partial charge < -0.3 is 0 Å². The first-order chi connectivity index (χ1) is 5.63. The molecule has 0 heteroatoms. The first-order valence-corrected chi connectivity index (χ1v) is 5.26. The summed E-state index contributed by atoms with van der Waals surface area (Å²) in [5.41, 5.74) is 0. The van der Waals surface area contributed by atoms with E-state index in [1.165, 1.54) is 12.8 Å². The zero-order chi connectivity index (χ0) is 9.56. The smallest absolute Gasteiger partial charge is 0.0185 e. The van der Waals surface area contributed by atoms with Gasteiger partial charge in [0.25, 0.3) is 0 Å². The first kappa shape index (κ1) is 11.7. The summed E-state index contributed by atoms with van der Waals surface area (Å²) in [5, 5.41) is 0. The molecule has 72 valence electrons. The van der Waals surface area contributed by atoms with Crippen molar-refractivity contribution in [1.82, 2.24) is 0 Å². The first-order valence-electron chi connectivity index (χ1n) is 5.26. The molecule has 0 aromatic carbocycles. The molecule has 0 aliphatic rings. The molecule has 0 heterocycles. The molecule has 0 saturated heterocycles. The van der Waals surface area contributed by atoms with Crippen molar-refractivity contribution in [2.75, 3.05) is 0 Å². The minimum Gasteiger partial charge on any atom is -0.0914 e. The fourth-order valence-electron chi connectivity index (χ4n) is 1.94. The van der Waals surface area contributed by atoms with Gasteiger partial charge in [-0.15, -0.1) is 0 Å². The summed E-state index contributed by atoms with van der Waals surface area (Å²) < 4.78 is 0. The van der Waals surface area contributed by atoms with Gasteiger partial charge in [0, 0.05) is 0 Å². The number of allylic oxidation sites excluding steroid dienone is 2. The van der Waals surface area contributed by atoms with Crippen LogP contribution in [-0.4, -0.2) is 0 Å². The van der Waals surface area contributed by atoms with Crippen LogP contribution < -0.4 is 0 Å². The van der Waals surface area contributed by atoms with E-state index in [1.54, 1.807) is 0 Å². The summed E-state index contributed by atoms with van der Waals surface area (Å²) in [6.07, 6.45) is 7.22. The van der Waals surface area contributed by atoms with Crippen molar-refractivity contribution < 1.29 is 0 Å². The standard InChI is InChI=1S/C12H24/c1-6-8-11(5)12(9-7-2)10(3)4/h7,9-12H,6,8H2,1-5H3. The minimum absolute atomic E-state index is 0.773.